The highest BCUT2D eigenvalue weighted by molar-refractivity contribution is 5.86. The lowest BCUT2D eigenvalue weighted by atomic mass is 9.72. The highest BCUT2D eigenvalue weighted by Gasteiger charge is 2.43. The monoisotopic (exact) mass is 501 g/mol. The maximum absolute atomic E-state index is 11.9. The number of aliphatic hydroxyl groups is 2. The first-order valence-electron chi connectivity index (χ1n) is 13.9. The molecular weight excluding hydrogens is 462 g/mol. The maximum Gasteiger partial charge on any atom is 0.129 e. The van der Waals surface area contributed by atoms with Gasteiger partial charge in [0.1, 0.15) is 11.6 Å². The van der Waals surface area contributed by atoms with Crippen molar-refractivity contribution in [1.29, 1.82) is 0 Å². The van der Waals surface area contributed by atoms with E-state index in [0.717, 1.165) is 59.0 Å². The lowest BCUT2D eigenvalue weighted by molar-refractivity contribution is -0.0562. The first kappa shape index (κ1) is 24.7. The van der Waals surface area contributed by atoms with Crippen LogP contribution in [0, 0.1) is 11.8 Å². The van der Waals surface area contributed by atoms with Gasteiger partial charge in [0, 0.05) is 31.1 Å². The summed E-state index contributed by atoms with van der Waals surface area (Å²) in [4.78, 5) is 9.80. The lowest BCUT2D eigenvalue weighted by Crippen LogP contribution is -2.55. The van der Waals surface area contributed by atoms with Crippen LogP contribution >= 0.6 is 0 Å². The number of methoxy groups -OCH3 is 1. The molecule has 4 aliphatic heterocycles. The number of benzene rings is 2. The molecule has 2 bridgehead atoms. The fourth-order valence-corrected chi connectivity index (χ4v) is 7.07. The van der Waals surface area contributed by atoms with Crippen molar-refractivity contribution in [2.75, 3.05) is 38.2 Å². The summed E-state index contributed by atoms with van der Waals surface area (Å²) >= 11 is 0. The minimum Gasteiger partial charge on any atom is -0.497 e. The van der Waals surface area contributed by atoms with Crippen LogP contribution in [0.25, 0.3) is 10.9 Å². The summed E-state index contributed by atoms with van der Waals surface area (Å²) in [6, 6.07) is 18.2. The smallest absolute Gasteiger partial charge is 0.129 e. The van der Waals surface area contributed by atoms with Crippen LogP contribution in [-0.4, -0.2) is 59.4 Å². The first-order valence-corrected chi connectivity index (χ1v) is 13.9. The highest BCUT2D eigenvalue weighted by atomic mass is 16.5. The Bertz CT molecular complexity index is 1240. The largest absolute Gasteiger partial charge is 0.497 e. The van der Waals surface area contributed by atoms with Gasteiger partial charge in [0.15, 0.2) is 0 Å². The Kier molecular flexibility index (Phi) is 6.59. The summed E-state index contributed by atoms with van der Waals surface area (Å²) < 4.78 is 5.53. The summed E-state index contributed by atoms with van der Waals surface area (Å²) in [6.07, 6.45) is 4.23. The summed E-state index contributed by atoms with van der Waals surface area (Å²) in [5, 5.41) is 24.2. The Balaban J connectivity index is 1.31. The number of nitrogens with zero attached hydrogens (tertiary/aromatic N) is 3. The standard InChI is InChI=1S/C31H39N3O3/c1-3-21-20-34-14-11-22(21)17-28(34)30(35)26-19-29(32-27-10-9-24(37-2)18-25(26)27)33-15-12-31(36,13-16-33)23-7-5-4-6-8-23/h4-10,18-19,21-22,28,30,35-36H,3,11-17,20H2,1-2H3/t21-,22-,28-,30+/m0/s1. The molecule has 0 spiro atoms. The van der Waals surface area contributed by atoms with E-state index in [-0.39, 0.29) is 6.04 Å². The van der Waals surface area contributed by atoms with Gasteiger partial charge in [0.2, 0.25) is 0 Å². The normalized spacial score (nSPS) is 27.8. The molecule has 3 aromatic rings. The van der Waals surface area contributed by atoms with Crippen molar-refractivity contribution in [3.05, 3.63) is 65.7 Å². The SMILES string of the molecule is CC[C@H]1CN2CC[C@H]1C[C@H]2[C@H](O)c1cc(N2CCC(O)(c3ccccc3)CC2)nc2ccc(OC)cc12. The van der Waals surface area contributed by atoms with Crippen molar-refractivity contribution in [2.24, 2.45) is 11.8 Å². The van der Waals surface area contributed by atoms with E-state index in [1.165, 1.54) is 12.8 Å². The van der Waals surface area contributed by atoms with Crippen molar-refractivity contribution >= 4 is 16.7 Å². The third-order valence-corrected chi connectivity index (χ3v) is 9.40. The molecule has 7 rings (SSSR count). The molecule has 4 saturated heterocycles. The van der Waals surface area contributed by atoms with Crippen LogP contribution in [0.3, 0.4) is 0 Å². The van der Waals surface area contributed by atoms with Crippen molar-refractivity contribution in [2.45, 2.75) is 56.8 Å². The summed E-state index contributed by atoms with van der Waals surface area (Å²) in [7, 11) is 1.68. The van der Waals surface area contributed by atoms with Gasteiger partial charge in [-0.3, -0.25) is 4.90 Å². The number of aliphatic hydroxyl groups excluding tert-OH is 1. The number of ether oxygens (including phenoxy) is 1. The average molecular weight is 502 g/mol. The average Bonchev–Trinajstić information content (AvgIpc) is 2.97. The van der Waals surface area contributed by atoms with Gasteiger partial charge in [-0.2, -0.15) is 0 Å². The number of pyridine rings is 1. The van der Waals surface area contributed by atoms with Crippen LogP contribution in [0.2, 0.25) is 0 Å². The molecule has 4 fully saturated rings. The summed E-state index contributed by atoms with van der Waals surface area (Å²) in [6.45, 7) is 5.89. The molecule has 0 saturated carbocycles. The lowest BCUT2D eigenvalue weighted by Gasteiger charge is -2.51. The number of hydrogen-bond acceptors (Lipinski definition) is 6. The number of aromatic nitrogens is 1. The van der Waals surface area contributed by atoms with Gasteiger partial charge >= 0.3 is 0 Å². The minimum atomic E-state index is -0.811. The molecule has 196 valence electrons. The molecule has 6 nitrogen and oxygen atoms in total. The number of hydrogen-bond donors (Lipinski definition) is 2. The van der Waals surface area contributed by atoms with E-state index in [0.29, 0.717) is 31.8 Å². The van der Waals surface area contributed by atoms with Gasteiger partial charge in [0.05, 0.1) is 24.3 Å². The Morgan fingerprint density at radius 3 is 2.54 bits per heavy atom. The van der Waals surface area contributed by atoms with Gasteiger partial charge in [-0.15, -0.1) is 0 Å². The predicted molar refractivity (Wildman–Crippen MR) is 147 cm³/mol. The van der Waals surface area contributed by atoms with E-state index in [4.69, 9.17) is 9.72 Å². The molecule has 1 aromatic heterocycles. The Morgan fingerprint density at radius 2 is 1.86 bits per heavy atom. The topological polar surface area (TPSA) is 69.1 Å². The van der Waals surface area contributed by atoms with Gasteiger partial charge in [0.25, 0.3) is 0 Å². The first-order chi connectivity index (χ1) is 18.0. The van der Waals surface area contributed by atoms with E-state index >= 15 is 0 Å². The molecule has 6 heteroatoms. The highest BCUT2D eigenvalue weighted by Crippen LogP contribution is 2.44. The van der Waals surface area contributed by atoms with E-state index in [1.54, 1.807) is 7.11 Å². The molecule has 5 atom stereocenters. The molecular formula is C31H39N3O3. The molecule has 4 aliphatic rings. The molecule has 0 aliphatic carbocycles. The zero-order valence-corrected chi connectivity index (χ0v) is 22.0. The van der Waals surface area contributed by atoms with Crippen molar-refractivity contribution in [1.82, 2.24) is 9.88 Å². The molecule has 37 heavy (non-hydrogen) atoms. The fraction of sp³-hybridized carbons (Fsp3) is 0.516. The Morgan fingerprint density at radius 1 is 1.08 bits per heavy atom. The van der Waals surface area contributed by atoms with Crippen molar-refractivity contribution in [3.63, 3.8) is 0 Å². The summed E-state index contributed by atoms with van der Waals surface area (Å²) in [5.41, 5.74) is 1.98. The zero-order valence-electron chi connectivity index (χ0n) is 22.0. The predicted octanol–water partition coefficient (Wildman–Crippen LogP) is 4.89. The van der Waals surface area contributed by atoms with Crippen LogP contribution in [-0.2, 0) is 5.60 Å². The van der Waals surface area contributed by atoms with Crippen LogP contribution in [0.15, 0.2) is 54.6 Å². The fourth-order valence-electron chi connectivity index (χ4n) is 7.07. The van der Waals surface area contributed by atoms with E-state index in [1.807, 2.05) is 48.5 Å². The number of rotatable bonds is 6. The molecule has 2 aromatic carbocycles. The van der Waals surface area contributed by atoms with Gasteiger partial charge in [-0.05, 0) is 79.5 Å². The molecule has 0 radical (unpaired) electrons. The van der Waals surface area contributed by atoms with E-state index < -0.39 is 11.7 Å². The molecule has 5 heterocycles. The maximum atomic E-state index is 11.9. The van der Waals surface area contributed by atoms with E-state index in [9.17, 15) is 10.2 Å². The Hall–Kier alpha value is -2.67. The third kappa shape index (κ3) is 4.49. The zero-order chi connectivity index (χ0) is 25.6. The van der Waals surface area contributed by atoms with Gasteiger partial charge < -0.3 is 19.8 Å². The molecule has 0 amide bonds. The van der Waals surface area contributed by atoms with Crippen molar-refractivity contribution < 1.29 is 14.9 Å². The molecule has 1 unspecified atom stereocenters. The Labute approximate surface area is 219 Å². The second kappa shape index (κ2) is 9.90. The second-order valence-corrected chi connectivity index (χ2v) is 11.3. The van der Waals surface area contributed by atoms with Crippen molar-refractivity contribution in [3.8, 4) is 5.75 Å². The number of piperidine rings is 4. The number of fused-ring (bicyclic) bond motifs is 4. The van der Waals surface area contributed by atoms with Crippen LogP contribution in [0.4, 0.5) is 5.82 Å². The van der Waals surface area contributed by atoms with E-state index in [2.05, 4.69) is 22.8 Å². The van der Waals surface area contributed by atoms with Gasteiger partial charge in [-0.1, -0.05) is 43.7 Å². The second-order valence-electron chi connectivity index (χ2n) is 11.3. The van der Waals surface area contributed by atoms with Gasteiger partial charge in [-0.25, -0.2) is 4.98 Å². The quantitative estimate of drug-likeness (QED) is 0.502. The number of anilines is 1. The molecule has 2 N–H and O–H groups in total. The third-order valence-electron chi connectivity index (χ3n) is 9.40. The van der Waals surface area contributed by atoms with Crippen LogP contribution in [0.1, 0.15) is 56.3 Å². The summed E-state index contributed by atoms with van der Waals surface area (Å²) in [5.74, 6) is 3.11. The van der Waals surface area contributed by atoms with Crippen LogP contribution in [0.5, 0.6) is 5.75 Å². The van der Waals surface area contributed by atoms with Crippen LogP contribution < -0.4 is 9.64 Å². The minimum absolute atomic E-state index is 0.135.